The zero-order chi connectivity index (χ0) is 13.8. The minimum absolute atomic E-state index is 0.101. The lowest BCUT2D eigenvalue weighted by atomic mass is 10.5. The third-order valence-electron chi connectivity index (χ3n) is 1.86. The highest BCUT2D eigenvalue weighted by molar-refractivity contribution is 7.91. The van der Waals surface area contributed by atoms with Gasteiger partial charge < -0.3 is 5.11 Å². The molecule has 6 nitrogen and oxygen atoms in total. The first kappa shape index (κ1) is 14.2. The van der Waals surface area contributed by atoms with E-state index in [1.807, 2.05) is 6.07 Å². The van der Waals surface area contributed by atoms with Crippen LogP contribution in [0.25, 0.3) is 0 Å². The summed E-state index contributed by atoms with van der Waals surface area (Å²) in [6.45, 7) is -1.05. The van der Waals surface area contributed by atoms with Crippen LogP contribution in [0.15, 0.2) is 16.3 Å². The molecule has 0 aromatic carbocycles. The standard InChI is InChI=1S/C10H8N2O4S2/c1-2-5-12(7-9(13)14)18(15,16)10-4-3-8(6-11)17-10/h1,3-4H,5,7H2,(H,13,14). The molecule has 0 bridgehead atoms. The number of aliphatic carboxylic acids is 1. The molecular weight excluding hydrogens is 276 g/mol. The number of carboxylic acid groups (broad SMARTS) is 1. The number of hydrogen-bond donors (Lipinski definition) is 1. The van der Waals surface area contributed by atoms with E-state index in [9.17, 15) is 13.2 Å². The van der Waals surface area contributed by atoms with Crippen molar-refractivity contribution in [3.8, 4) is 18.4 Å². The number of thiophene rings is 1. The fourth-order valence-corrected chi connectivity index (χ4v) is 3.69. The molecule has 1 N–H and O–H groups in total. The molecule has 0 unspecified atom stereocenters. The smallest absolute Gasteiger partial charge is 0.318 e. The van der Waals surface area contributed by atoms with Gasteiger partial charge in [0.15, 0.2) is 0 Å². The molecule has 0 aliphatic heterocycles. The van der Waals surface area contributed by atoms with Gasteiger partial charge in [-0.25, -0.2) is 8.42 Å². The van der Waals surface area contributed by atoms with Crippen LogP contribution < -0.4 is 0 Å². The molecule has 0 aliphatic carbocycles. The van der Waals surface area contributed by atoms with Gasteiger partial charge in [-0.1, -0.05) is 5.92 Å². The molecule has 0 spiro atoms. The highest BCUT2D eigenvalue weighted by Crippen LogP contribution is 2.24. The molecule has 0 aliphatic rings. The quantitative estimate of drug-likeness (QED) is 0.785. The Labute approximate surface area is 108 Å². The summed E-state index contributed by atoms with van der Waals surface area (Å²) < 4.78 is 24.7. The van der Waals surface area contributed by atoms with Crippen LogP contribution in [0.1, 0.15) is 4.88 Å². The Balaban J connectivity index is 3.13. The summed E-state index contributed by atoms with van der Waals surface area (Å²) in [7, 11) is -3.97. The molecule has 0 saturated heterocycles. The van der Waals surface area contributed by atoms with Crippen molar-refractivity contribution in [2.45, 2.75) is 4.21 Å². The van der Waals surface area contributed by atoms with E-state index in [2.05, 4.69) is 5.92 Å². The van der Waals surface area contributed by atoms with Crippen LogP contribution >= 0.6 is 11.3 Å². The lowest BCUT2D eigenvalue weighted by Crippen LogP contribution is -2.35. The monoisotopic (exact) mass is 284 g/mol. The summed E-state index contributed by atoms with van der Waals surface area (Å²) in [5.41, 5.74) is 0. The fourth-order valence-electron chi connectivity index (χ4n) is 1.12. The number of rotatable bonds is 5. The molecule has 0 radical (unpaired) electrons. The average molecular weight is 284 g/mol. The number of terminal acetylenes is 1. The highest BCUT2D eigenvalue weighted by Gasteiger charge is 2.27. The molecule has 0 atom stereocenters. The van der Waals surface area contributed by atoms with Gasteiger partial charge in [0.1, 0.15) is 21.7 Å². The summed E-state index contributed by atoms with van der Waals surface area (Å²) in [4.78, 5) is 10.8. The van der Waals surface area contributed by atoms with E-state index < -0.39 is 22.5 Å². The van der Waals surface area contributed by atoms with Crippen molar-refractivity contribution in [1.29, 1.82) is 5.26 Å². The lowest BCUT2D eigenvalue weighted by Gasteiger charge is -2.16. The Kier molecular flexibility index (Phi) is 4.45. The summed E-state index contributed by atoms with van der Waals surface area (Å²) in [6, 6.07) is 4.42. The first-order valence-corrected chi connectivity index (χ1v) is 6.83. The average Bonchev–Trinajstić information content (AvgIpc) is 2.77. The van der Waals surface area contributed by atoms with Gasteiger partial charge in [-0.3, -0.25) is 4.79 Å². The molecule has 0 saturated carbocycles. The summed E-state index contributed by atoms with van der Waals surface area (Å²) in [6.07, 6.45) is 5.01. The first-order valence-electron chi connectivity index (χ1n) is 4.57. The van der Waals surface area contributed by atoms with E-state index in [-0.39, 0.29) is 15.6 Å². The summed E-state index contributed by atoms with van der Waals surface area (Å²) >= 11 is 0.769. The van der Waals surface area contributed by atoms with Crippen molar-refractivity contribution in [2.24, 2.45) is 0 Å². The second-order valence-electron chi connectivity index (χ2n) is 3.10. The largest absolute Gasteiger partial charge is 0.480 e. The van der Waals surface area contributed by atoms with Crippen molar-refractivity contribution in [3.05, 3.63) is 17.0 Å². The van der Waals surface area contributed by atoms with Gasteiger partial charge in [0, 0.05) is 0 Å². The third-order valence-corrected chi connectivity index (χ3v) is 5.11. The molecule has 1 aromatic rings. The third kappa shape index (κ3) is 3.08. The van der Waals surface area contributed by atoms with Crippen LogP contribution in [0.5, 0.6) is 0 Å². The van der Waals surface area contributed by atoms with Crippen LogP contribution in [-0.2, 0) is 14.8 Å². The molecule has 0 fully saturated rings. The molecule has 94 valence electrons. The van der Waals surface area contributed by atoms with E-state index in [1.54, 1.807) is 0 Å². The highest BCUT2D eigenvalue weighted by atomic mass is 32.2. The lowest BCUT2D eigenvalue weighted by molar-refractivity contribution is -0.137. The van der Waals surface area contributed by atoms with Crippen LogP contribution in [-0.4, -0.2) is 36.9 Å². The van der Waals surface area contributed by atoms with Crippen LogP contribution in [0, 0.1) is 23.7 Å². The maximum absolute atomic E-state index is 12.1. The first-order chi connectivity index (χ1) is 8.41. The second-order valence-corrected chi connectivity index (χ2v) is 6.35. The predicted octanol–water partition coefficient (Wildman–Crippen LogP) is 0.328. The molecule has 1 rings (SSSR count). The molecule has 1 aromatic heterocycles. The number of nitrogens with zero attached hydrogens (tertiary/aromatic N) is 2. The minimum Gasteiger partial charge on any atom is -0.480 e. The van der Waals surface area contributed by atoms with Gasteiger partial charge in [-0.15, -0.1) is 17.8 Å². The normalized spacial score (nSPS) is 10.8. The Morgan fingerprint density at radius 1 is 1.56 bits per heavy atom. The molecule has 0 amide bonds. The predicted molar refractivity (Wildman–Crippen MR) is 64.3 cm³/mol. The van der Waals surface area contributed by atoms with Crippen LogP contribution in [0.3, 0.4) is 0 Å². The number of sulfonamides is 1. The number of nitriles is 1. The van der Waals surface area contributed by atoms with Gasteiger partial charge in [0.05, 0.1) is 6.54 Å². The van der Waals surface area contributed by atoms with Crippen molar-refractivity contribution in [1.82, 2.24) is 4.31 Å². The van der Waals surface area contributed by atoms with Crippen molar-refractivity contribution in [2.75, 3.05) is 13.1 Å². The van der Waals surface area contributed by atoms with Crippen molar-refractivity contribution >= 4 is 27.3 Å². The van der Waals surface area contributed by atoms with E-state index in [0.717, 1.165) is 11.3 Å². The molecule has 1 heterocycles. The van der Waals surface area contributed by atoms with Gasteiger partial charge >= 0.3 is 5.97 Å². The maximum Gasteiger partial charge on any atom is 0.318 e. The van der Waals surface area contributed by atoms with E-state index in [4.69, 9.17) is 16.8 Å². The topological polar surface area (TPSA) is 98.5 Å². The van der Waals surface area contributed by atoms with E-state index in [0.29, 0.717) is 4.31 Å². The SMILES string of the molecule is C#CCN(CC(=O)O)S(=O)(=O)c1ccc(C#N)s1. The van der Waals surface area contributed by atoms with Gasteiger partial charge in [0.25, 0.3) is 10.0 Å². The number of carbonyl (C=O) groups is 1. The van der Waals surface area contributed by atoms with Gasteiger partial charge in [0.2, 0.25) is 0 Å². The summed E-state index contributed by atoms with van der Waals surface area (Å²) in [5.74, 6) is 0.793. The van der Waals surface area contributed by atoms with Crippen molar-refractivity contribution in [3.63, 3.8) is 0 Å². The zero-order valence-electron chi connectivity index (χ0n) is 9.03. The fraction of sp³-hybridized carbons (Fsp3) is 0.200. The second kappa shape index (κ2) is 5.65. The van der Waals surface area contributed by atoms with Gasteiger partial charge in [-0.2, -0.15) is 9.57 Å². The van der Waals surface area contributed by atoms with E-state index >= 15 is 0 Å². The molecule has 8 heteroatoms. The zero-order valence-corrected chi connectivity index (χ0v) is 10.7. The van der Waals surface area contributed by atoms with Crippen molar-refractivity contribution < 1.29 is 18.3 Å². The Morgan fingerprint density at radius 2 is 2.22 bits per heavy atom. The minimum atomic E-state index is -3.97. The maximum atomic E-state index is 12.1. The van der Waals surface area contributed by atoms with Crippen LogP contribution in [0.2, 0.25) is 0 Å². The summed E-state index contributed by atoms with van der Waals surface area (Å²) in [5, 5.41) is 17.3. The number of hydrogen-bond acceptors (Lipinski definition) is 5. The Morgan fingerprint density at radius 3 is 2.67 bits per heavy atom. The number of carboxylic acids is 1. The molecular formula is C10H8N2O4S2. The Hall–Kier alpha value is -1.87. The van der Waals surface area contributed by atoms with E-state index in [1.165, 1.54) is 12.1 Å². The Bertz CT molecular complexity index is 634. The van der Waals surface area contributed by atoms with Crippen LogP contribution in [0.4, 0.5) is 0 Å². The molecule has 18 heavy (non-hydrogen) atoms. The van der Waals surface area contributed by atoms with Gasteiger partial charge in [-0.05, 0) is 12.1 Å².